The van der Waals surface area contributed by atoms with Crippen molar-refractivity contribution in [3.05, 3.63) is 16.1 Å². The summed E-state index contributed by atoms with van der Waals surface area (Å²) in [5, 5.41) is 7.66. The van der Waals surface area contributed by atoms with Crippen LogP contribution in [0.5, 0.6) is 0 Å². The number of piperazine rings is 1. The predicted molar refractivity (Wildman–Crippen MR) is 114 cm³/mol. The molecule has 0 saturated carbocycles. The van der Waals surface area contributed by atoms with Crippen LogP contribution >= 0.6 is 35.3 Å². The summed E-state index contributed by atoms with van der Waals surface area (Å²) in [6.07, 6.45) is -4.40. The average molecular weight is 520 g/mol. The van der Waals surface area contributed by atoms with E-state index < -0.39 is 11.9 Å². The van der Waals surface area contributed by atoms with Crippen LogP contribution in [0.25, 0.3) is 0 Å². The van der Waals surface area contributed by atoms with Gasteiger partial charge in [0.25, 0.3) is 0 Å². The highest BCUT2D eigenvalue weighted by Crippen LogP contribution is 2.29. The van der Waals surface area contributed by atoms with Gasteiger partial charge in [-0.2, -0.15) is 13.2 Å². The van der Waals surface area contributed by atoms with Crippen LogP contribution in [0.2, 0.25) is 0 Å². The fraction of sp³-hybridized carbons (Fsp3) is 0.750. The van der Waals surface area contributed by atoms with Crippen LogP contribution in [0.3, 0.4) is 0 Å². The van der Waals surface area contributed by atoms with Gasteiger partial charge in [0, 0.05) is 51.7 Å². The average Bonchev–Trinajstić information content (AvgIpc) is 3.06. The lowest BCUT2D eigenvalue weighted by atomic mass is 10.1. The number of hydrogen-bond acceptors (Lipinski definition) is 5. The van der Waals surface area contributed by atoms with Crippen LogP contribution in [-0.4, -0.2) is 74.1 Å². The van der Waals surface area contributed by atoms with E-state index in [1.807, 2.05) is 0 Å². The summed E-state index contributed by atoms with van der Waals surface area (Å²) in [6.45, 7) is 8.51. The Balaban J connectivity index is 0.00000364. The number of thiazole rings is 1. The van der Waals surface area contributed by atoms with Crippen molar-refractivity contribution in [2.45, 2.75) is 19.6 Å². The SMILES string of the molecule is CN=C(NCc1nc(C(F)(F)F)cs1)NCC(C)CN1CCN(C)CC1.I. The van der Waals surface area contributed by atoms with Gasteiger partial charge in [-0.3, -0.25) is 4.99 Å². The quantitative estimate of drug-likeness (QED) is 0.343. The van der Waals surface area contributed by atoms with Gasteiger partial charge in [-0.05, 0) is 13.0 Å². The van der Waals surface area contributed by atoms with Crippen molar-refractivity contribution in [2.24, 2.45) is 10.9 Å². The molecule has 1 aromatic rings. The van der Waals surface area contributed by atoms with E-state index in [1.165, 1.54) is 0 Å². The van der Waals surface area contributed by atoms with Crippen LogP contribution in [-0.2, 0) is 12.7 Å². The molecule has 0 bridgehead atoms. The van der Waals surface area contributed by atoms with Crippen molar-refractivity contribution in [1.29, 1.82) is 0 Å². The summed E-state index contributed by atoms with van der Waals surface area (Å²) in [4.78, 5) is 12.5. The molecule has 0 aliphatic carbocycles. The normalized spacial score (nSPS) is 18.1. The van der Waals surface area contributed by atoms with E-state index in [1.54, 1.807) is 7.05 Å². The molecule has 2 N–H and O–H groups in total. The second kappa shape index (κ2) is 11.4. The number of hydrogen-bond donors (Lipinski definition) is 2. The van der Waals surface area contributed by atoms with Crippen LogP contribution in [0.15, 0.2) is 10.4 Å². The number of alkyl halides is 3. The van der Waals surface area contributed by atoms with E-state index in [4.69, 9.17) is 0 Å². The molecule has 1 saturated heterocycles. The standard InChI is InChI=1S/C16H27F3N6S.HI/c1-12(10-25-6-4-24(3)5-7-25)8-21-15(20-2)22-9-14-23-13(11-26-14)16(17,18)19;/h11-12H,4-10H2,1-3H3,(H2,20,21,22);1H. The third kappa shape index (κ3) is 8.48. The Bertz CT molecular complexity index is 587. The Labute approximate surface area is 179 Å². The Hall–Kier alpha value is -0.660. The molecule has 1 unspecified atom stereocenters. The van der Waals surface area contributed by atoms with Gasteiger partial charge in [-0.1, -0.05) is 6.92 Å². The number of guanidine groups is 1. The second-order valence-corrected chi connectivity index (χ2v) is 7.58. The van der Waals surface area contributed by atoms with Crippen molar-refractivity contribution >= 4 is 41.3 Å². The maximum Gasteiger partial charge on any atom is 0.434 e. The van der Waals surface area contributed by atoms with Gasteiger partial charge in [0.15, 0.2) is 11.7 Å². The van der Waals surface area contributed by atoms with Crippen LogP contribution in [0.4, 0.5) is 13.2 Å². The number of aromatic nitrogens is 1. The Morgan fingerprint density at radius 3 is 2.52 bits per heavy atom. The number of halogens is 4. The van der Waals surface area contributed by atoms with Gasteiger partial charge in [-0.25, -0.2) is 4.98 Å². The number of nitrogens with one attached hydrogen (secondary N) is 2. The molecule has 1 aromatic heterocycles. The highest BCUT2D eigenvalue weighted by Gasteiger charge is 2.33. The maximum atomic E-state index is 12.6. The third-order valence-electron chi connectivity index (χ3n) is 4.26. The predicted octanol–water partition coefficient (Wildman–Crippen LogP) is 2.33. The maximum absolute atomic E-state index is 12.6. The highest BCUT2D eigenvalue weighted by molar-refractivity contribution is 14.0. The van der Waals surface area contributed by atoms with E-state index in [0.717, 1.165) is 56.0 Å². The van der Waals surface area contributed by atoms with E-state index in [2.05, 4.69) is 44.4 Å². The monoisotopic (exact) mass is 520 g/mol. The van der Waals surface area contributed by atoms with E-state index in [0.29, 0.717) is 16.9 Å². The molecule has 27 heavy (non-hydrogen) atoms. The van der Waals surface area contributed by atoms with Crippen LogP contribution in [0.1, 0.15) is 17.6 Å². The summed E-state index contributed by atoms with van der Waals surface area (Å²) < 4.78 is 37.7. The first-order chi connectivity index (χ1) is 12.3. The lowest BCUT2D eigenvalue weighted by molar-refractivity contribution is -0.140. The van der Waals surface area contributed by atoms with E-state index in [9.17, 15) is 13.2 Å². The Morgan fingerprint density at radius 2 is 1.96 bits per heavy atom. The zero-order valence-corrected chi connectivity index (χ0v) is 19.0. The minimum Gasteiger partial charge on any atom is -0.356 e. The molecule has 0 radical (unpaired) electrons. The number of aliphatic imine (C=N–C) groups is 1. The van der Waals surface area contributed by atoms with Gasteiger partial charge < -0.3 is 20.4 Å². The van der Waals surface area contributed by atoms with Crippen LogP contribution in [0, 0.1) is 5.92 Å². The zero-order chi connectivity index (χ0) is 19.2. The number of likely N-dealkylation sites (N-methyl/N-ethyl adjacent to an activating group) is 1. The van der Waals surface area contributed by atoms with Crippen molar-refractivity contribution in [3.8, 4) is 0 Å². The summed E-state index contributed by atoms with van der Waals surface area (Å²) in [7, 11) is 3.78. The summed E-state index contributed by atoms with van der Waals surface area (Å²) in [5.41, 5.74) is -0.844. The zero-order valence-electron chi connectivity index (χ0n) is 15.8. The Morgan fingerprint density at radius 1 is 1.30 bits per heavy atom. The molecule has 1 atom stereocenters. The minimum atomic E-state index is -4.40. The minimum absolute atomic E-state index is 0. The number of rotatable bonds is 6. The first-order valence-corrected chi connectivity index (χ1v) is 9.53. The lowest BCUT2D eigenvalue weighted by Gasteiger charge is -2.34. The molecule has 1 aliphatic heterocycles. The third-order valence-corrected chi connectivity index (χ3v) is 5.11. The summed E-state index contributed by atoms with van der Waals surface area (Å²) in [6, 6.07) is 0. The Kier molecular flexibility index (Phi) is 10.3. The first-order valence-electron chi connectivity index (χ1n) is 8.65. The first kappa shape index (κ1) is 24.4. The molecule has 0 aromatic carbocycles. The van der Waals surface area contributed by atoms with Crippen molar-refractivity contribution in [2.75, 3.05) is 53.4 Å². The molecule has 1 aliphatic rings. The fourth-order valence-corrected chi connectivity index (χ4v) is 3.45. The second-order valence-electron chi connectivity index (χ2n) is 6.64. The molecular formula is C16H28F3IN6S. The molecule has 0 spiro atoms. The smallest absolute Gasteiger partial charge is 0.356 e. The van der Waals surface area contributed by atoms with E-state index >= 15 is 0 Å². The number of nitrogens with zero attached hydrogens (tertiary/aromatic N) is 4. The molecule has 6 nitrogen and oxygen atoms in total. The van der Waals surface area contributed by atoms with Gasteiger partial charge in [-0.15, -0.1) is 35.3 Å². The molecule has 2 rings (SSSR count). The molecule has 156 valence electrons. The molecule has 2 heterocycles. The van der Waals surface area contributed by atoms with Crippen molar-refractivity contribution < 1.29 is 13.2 Å². The molecule has 0 amide bonds. The largest absolute Gasteiger partial charge is 0.434 e. The molecule has 1 fully saturated rings. The summed E-state index contributed by atoms with van der Waals surface area (Å²) >= 11 is 0.990. The van der Waals surface area contributed by atoms with Gasteiger partial charge in [0.05, 0.1) is 6.54 Å². The van der Waals surface area contributed by atoms with Crippen molar-refractivity contribution in [3.63, 3.8) is 0 Å². The lowest BCUT2D eigenvalue weighted by Crippen LogP contribution is -2.47. The molecule has 11 heteroatoms. The van der Waals surface area contributed by atoms with Gasteiger partial charge in [0.2, 0.25) is 0 Å². The molecular weight excluding hydrogens is 492 g/mol. The highest BCUT2D eigenvalue weighted by atomic mass is 127. The van der Waals surface area contributed by atoms with E-state index in [-0.39, 0.29) is 30.5 Å². The summed E-state index contributed by atoms with van der Waals surface area (Å²) in [5.74, 6) is 1.01. The topological polar surface area (TPSA) is 55.8 Å². The van der Waals surface area contributed by atoms with Crippen molar-refractivity contribution in [1.82, 2.24) is 25.4 Å². The fourth-order valence-electron chi connectivity index (χ4n) is 2.71. The van der Waals surface area contributed by atoms with Gasteiger partial charge >= 0.3 is 6.18 Å². The van der Waals surface area contributed by atoms with Crippen LogP contribution < -0.4 is 10.6 Å². The van der Waals surface area contributed by atoms with Gasteiger partial charge in [0.1, 0.15) is 5.01 Å².